The van der Waals surface area contributed by atoms with Gasteiger partial charge in [-0.1, -0.05) is 37.8 Å². The van der Waals surface area contributed by atoms with Crippen LogP contribution in [-0.2, 0) is 11.3 Å². The van der Waals surface area contributed by atoms with E-state index in [0.29, 0.717) is 11.2 Å². The van der Waals surface area contributed by atoms with Crippen LogP contribution in [0.25, 0.3) is 6.08 Å². The first-order chi connectivity index (χ1) is 10.1. The Hall–Kier alpha value is -1.29. The van der Waals surface area contributed by atoms with Gasteiger partial charge in [-0.15, -0.1) is 0 Å². The van der Waals surface area contributed by atoms with Gasteiger partial charge in [0.05, 0.1) is 5.69 Å². The second kappa shape index (κ2) is 7.64. The van der Waals surface area contributed by atoms with Gasteiger partial charge in [0.2, 0.25) is 5.91 Å². The second-order valence-electron chi connectivity index (χ2n) is 5.69. The Morgan fingerprint density at radius 2 is 2.19 bits per heavy atom. The zero-order chi connectivity index (χ0) is 15.2. The average molecular weight is 310 g/mol. The average Bonchev–Trinajstić information content (AvgIpc) is 3.04. The zero-order valence-corrected chi connectivity index (χ0v) is 13.6. The lowest BCUT2D eigenvalue weighted by atomic mass is 10.2. The molecule has 1 aliphatic rings. The largest absolute Gasteiger partial charge is 0.350 e. The standard InChI is InChI=1S/C16H24ClN3O/c1-3-4-11-20-16(17)14(12(2)19-20)9-10-15(21)18-13-7-5-6-8-13/h9-10,13H,3-8,11H2,1-2H3,(H,18,21)/b10-9+. The molecule has 0 unspecified atom stereocenters. The molecule has 1 fully saturated rings. The lowest BCUT2D eigenvalue weighted by Crippen LogP contribution is -2.30. The predicted molar refractivity (Wildman–Crippen MR) is 86.3 cm³/mol. The molecule has 1 N–H and O–H groups in total. The highest BCUT2D eigenvalue weighted by Crippen LogP contribution is 2.22. The maximum absolute atomic E-state index is 11.9. The van der Waals surface area contributed by atoms with E-state index < -0.39 is 0 Å². The van der Waals surface area contributed by atoms with E-state index in [1.54, 1.807) is 12.2 Å². The fourth-order valence-corrected chi connectivity index (χ4v) is 3.01. The summed E-state index contributed by atoms with van der Waals surface area (Å²) in [7, 11) is 0. The molecular formula is C16H24ClN3O. The van der Waals surface area contributed by atoms with Gasteiger partial charge in [0, 0.05) is 24.2 Å². The normalized spacial score (nSPS) is 16.0. The first kappa shape index (κ1) is 16.1. The maximum Gasteiger partial charge on any atom is 0.244 e. The van der Waals surface area contributed by atoms with Crippen molar-refractivity contribution in [3.63, 3.8) is 0 Å². The number of hydrogen-bond donors (Lipinski definition) is 1. The number of aromatic nitrogens is 2. The zero-order valence-electron chi connectivity index (χ0n) is 12.9. The van der Waals surface area contributed by atoms with Crippen molar-refractivity contribution in [3.05, 3.63) is 22.5 Å². The smallest absolute Gasteiger partial charge is 0.244 e. The molecule has 1 heterocycles. The van der Waals surface area contributed by atoms with Gasteiger partial charge in [-0.3, -0.25) is 9.48 Å². The minimum atomic E-state index is -0.0429. The molecule has 5 heteroatoms. The summed E-state index contributed by atoms with van der Waals surface area (Å²) in [6, 6.07) is 0.339. The van der Waals surface area contributed by atoms with Crippen molar-refractivity contribution < 1.29 is 4.79 Å². The molecule has 0 aliphatic heterocycles. The number of amides is 1. The van der Waals surface area contributed by atoms with Crippen LogP contribution in [0.3, 0.4) is 0 Å². The van der Waals surface area contributed by atoms with Gasteiger partial charge in [0.25, 0.3) is 0 Å². The van der Waals surface area contributed by atoms with E-state index in [0.717, 1.165) is 43.5 Å². The maximum atomic E-state index is 11.9. The van der Waals surface area contributed by atoms with Gasteiger partial charge < -0.3 is 5.32 Å². The van der Waals surface area contributed by atoms with Gasteiger partial charge in [0.1, 0.15) is 5.15 Å². The van der Waals surface area contributed by atoms with Crippen molar-refractivity contribution in [2.45, 2.75) is 65.0 Å². The number of hydrogen-bond acceptors (Lipinski definition) is 2. The number of nitrogens with one attached hydrogen (secondary N) is 1. The molecule has 0 aromatic carbocycles. The molecule has 0 bridgehead atoms. The third-order valence-corrected chi connectivity index (χ3v) is 4.33. The number of rotatable bonds is 6. The Kier molecular flexibility index (Phi) is 5.85. The van der Waals surface area contributed by atoms with Gasteiger partial charge in [0.15, 0.2) is 0 Å². The molecule has 2 rings (SSSR count). The number of aryl methyl sites for hydroxylation is 2. The van der Waals surface area contributed by atoms with E-state index >= 15 is 0 Å². The highest BCUT2D eigenvalue weighted by atomic mass is 35.5. The Morgan fingerprint density at radius 1 is 1.48 bits per heavy atom. The third-order valence-electron chi connectivity index (χ3n) is 3.94. The lowest BCUT2D eigenvalue weighted by Gasteiger charge is -2.08. The summed E-state index contributed by atoms with van der Waals surface area (Å²) in [4.78, 5) is 11.9. The molecule has 4 nitrogen and oxygen atoms in total. The summed E-state index contributed by atoms with van der Waals surface area (Å²) in [6.45, 7) is 4.87. The van der Waals surface area contributed by atoms with Crippen molar-refractivity contribution in [1.82, 2.24) is 15.1 Å². The summed E-state index contributed by atoms with van der Waals surface area (Å²) in [6.07, 6.45) is 10.1. The number of unbranched alkanes of at least 4 members (excludes halogenated alkanes) is 1. The van der Waals surface area contributed by atoms with Gasteiger partial charge in [-0.25, -0.2) is 0 Å². The molecule has 0 spiro atoms. The van der Waals surface area contributed by atoms with Crippen LogP contribution >= 0.6 is 11.6 Å². The first-order valence-corrected chi connectivity index (χ1v) is 8.21. The highest BCUT2D eigenvalue weighted by molar-refractivity contribution is 6.31. The highest BCUT2D eigenvalue weighted by Gasteiger charge is 2.16. The Bertz CT molecular complexity index is 516. The Balaban J connectivity index is 1.99. The van der Waals surface area contributed by atoms with Crippen LogP contribution in [0.5, 0.6) is 0 Å². The van der Waals surface area contributed by atoms with Crippen molar-refractivity contribution in [3.8, 4) is 0 Å². The predicted octanol–water partition coefficient (Wildman–Crippen LogP) is 3.72. The van der Waals surface area contributed by atoms with Gasteiger partial charge >= 0.3 is 0 Å². The fraction of sp³-hybridized carbons (Fsp3) is 0.625. The summed E-state index contributed by atoms with van der Waals surface area (Å²) in [5.41, 5.74) is 1.70. The monoisotopic (exact) mass is 309 g/mol. The summed E-state index contributed by atoms with van der Waals surface area (Å²) in [5, 5.41) is 8.08. The molecule has 1 amide bonds. The molecule has 0 saturated heterocycles. The second-order valence-corrected chi connectivity index (χ2v) is 6.05. The molecule has 1 saturated carbocycles. The van der Waals surface area contributed by atoms with E-state index in [1.807, 2.05) is 11.6 Å². The van der Waals surface area contributed by atoms with Crippen LogP contribution in [0.1, 0.15) is 56.7 Å². The topological polar surface area (TPSA) is 46.9 Å². The Labute approximate surface area is 131 Å². The van der Waals surface area contributed by atoms with Crippen LogP contribution in [0.15, 0.2) is 6.08 Å². The van der Waals surface area contributed by atoms with Gasteiger partial charge in [-0.2, -0.15) is 5.10 Å². The van der Waals surface area contributed by atoms with Crippen molar-refractivity contribution in [2.75, 3.05) is 0 Å². The van der Waals surface area contributed by atoms with Crippen molar-refractivity contribution >= 4 is 23.6 Å². The molecular weight excluding hydrogens is 286 g/mol. The van der Waals surface area contributed by atoms with Crippen molar-refractivity contribution in [2.24, 2.45) is 0 Å². The number of carbonyl (C=O) groups is 1. The van der Waals surface area contributed by atoms with Crippen LogP contribution in [-0.4, -0.2) is 21.7 Å². The van der Waals surface area contributed by atoms with Crippen LogP contribution < -0.4 is 5.32 Å². The molecule has 1 aromatic heterocycles. The number of nitrogens with zero attached hydrogens (tertiary/aromatic N) is 2. The van der Waals surface area contributed by atoms with Crippen molar-refractivity contribution in [1.29, 1.82) is 0 Å². The van der Waals surface area contributed by atoms with Crippen LogP contribution in [0.2, 0.25) is 5.15 Å². The van der Waals surface area contributed by atoms with E-state index in [4.69, 9.17) is 11.6 Å². The molecule has 0 atom stereocenters. The molecule has 116 valence electrons. The summed E-state index contributed by atoms with van der Waals surface area (Å²) >= 11 is 6.34. The Morgan fingerprint density at radius 3 is 2.86 bits per heavy atom. The minimum Gasteiger partial charge on any atom is -0.350 e. The van der Waals surface area contributed by atoms with E-state index in [2.05, 4.69) is 17.3 Å². The van der Waals surface area contributed by atoms with E-state index in [1.165, 1.54) is 12.8 Å². The SMILES string of the molecule is CCCCn1nc(C)c(/C=C/C(=O)NC2CCCC2)c1Cl. The van der Waals surface area contributed by atoms with E-state index in [-0.39, 0.29) is 5.91 Å². The first-order valence-electron chi connectivity index (χ1n) is 7.83. The minimum absolute atomic E-state index is 0.0429. The molecule has 0 radical (unpaired) electrons. The van der Waals surface area contributed by atoms with E-state index in [9.17, 15) is 4.79 Å². The number of carbonyl (C=O) groups excluding carboxylic acids is 1. The summed E-state index contributed by atoms with van der Waals surface area (Å²) < 4.78 is 1.81. The van der Waals surface area contributed by atoms with Gasteiger partial charge in [-0.05, 0) is 32.3 Å². The quantitative estimate of drug-likeness (QED) is 0.814. The number of halogens is 1. The molecule has 21 heavy (non-hydrogen) atoms. The van der Waals surface area contributed by atoms with Crippen LogP contribution in [0.4, 0.5) is 0 Å². The molecule has 1 aromatic rings. The third kappa shape index (κ3) is 4.34. The summed E-state index contributed by atoms with van der Waals surface area (Å²) in [5.74, 6) is -0.0429. The lowest BCUT2D eigenvalue weighted by molar-refractivity contribution is -0.117. The fourth-order valence-electron chi connectivity index (χ4n) is 2.69. The molecule has 1 aliphatic carbocycles. The van der Waals surface area contributed by atoms with Crippen LogP contribution in [0, 0.1) is 6.92 Å².